The van der Waals surface area contributed by atoms with Crippen LogP contribution in [0.5, 0.6) is 0 Å². The minimum atomic E-state index is -0.646. The van der Waals surface area contributed by atoms with Crippen LogP contribution < -0.4 is 10.6 Å². The normalized spacial score (nSPS) is 10.5. The Hall–Kier alpha value is -2.04. The minimum absolute atomic E-state index is 0.0790. The molecule has 2 N–H and O–H groups in total. The van der Waals surface area contributed by atoms with Gasteiger partial charge in [0.2, 0.25) is 0 Å². The Bertz CT molecular complexity index is 771. The number of hydrogen-bond acceptors (Lipinski definition) is 2. The zero-order valence-corrected chi connectivity index (χ0v) is 17.6. The zero-order chi connectivity index (χ0) is 20.4. The number of halogens is 2. The first kappa shape index (κ1) is 22.3. The Morgan fingerprint density at radius 2 is 1.46 bits per heavy atom. The molecule has 2 aromatic rings. The molecular weight excluding hydrogens is 395 g/mol. The van der Waals surface area contributed by atoms with Crippen molar-refractivity contribution in [1.29, 1.82) is 0 Å². The van der Waals surface area contributed by atoms with E-state index in [1.807, 2.05) is 24.3 Å². The van der Waals surface area contributed by atoms with Crippen molar-refractivity contribution >= 4 is 40.8 Å². The number of hydrogen-bond donors (Lipinski definition) is 2. The number of aryl methyl sites for hydroxylation is 1. The van der Waals surface area contributed by atoms with Crippen LogP contribution in [0.1, 0.15) is 61.4 Å². The van der Waals surface area contributed by atoms with Crippen molar-refractivity contribution in [3.8, 4) is 0 Å². The summed E-state index contributed by atoms with van der Waals surface area (Å²) >= 11 is 12.0. The van der Waals surface area contributed by atoms with E-state index in [1.165, 1.54) is 44.1 Å². The van der Waals surface area contributed by atoms with Gasteiger partial charge < -0.3 is 5.32 Å². The van der Waals surface area contributed by atoms with E-state index < -0.39 is 11.9 Å². The van der Waals surface area contributed by atoms with Crippen LogP contribution in [0.25, 0.3) is 0 Å². The highest BCUT2D eigenvalue weighted by atomic mass is 35.5. The van der Waals surface area contributed by atoms with Crippen LogP contribution in [0.15, 0.2) is 42.5 Å². The quantitative estimate of drug-likeness (QED) is 0.435. The summed E-state index contributed by atoms with van der Waals surface area (Å²) in [5, 5.41) is 5.27. The van der Waals surface area contributed by atoms with E-state index in [1.54, 1.807) is 18.2 Å². The van der Waals surface area contributed by atoms with Crippen LogP contribution in [-0.2, 0) is 6.42 Å². The van der Waals surface area contributed by atoms with Gasteiger partial charge in [-0.1, -0.05) is 80.4 Å². The summed E-state index contributed by atoms with van der Waals surface area (Å²) in [7, 11) is 0. The van der Waals surface area contributed by atoms with Gasteiger partial charge in [-0.25, -0.2) is 4.79 Å². The summed E-state index contributed by atoms with van der Waals surface area (Å²) in [4.78, 5) is 24.3. The van der Waals surface area contributed by atoms with Crippen LogP contribution in [0.2, 0.25) is 10.0 Å². The van der Waals surface area contributed by atoms with Crippen molar-refractivity contribution in [2.75, 3.05) is 5.32 Å². The Morgan fingerprint density at radius 3 is 2.11 bits per heavy atom. The Balaban J connectivity index is 1.80. The van der Waals surface area contributed by atoms with Gasteiger partial charge in [-0.3, -0.25) is 10.1 Å². The van der Waals surface area contributed by atoms with Crippen LogP contribution in [0, 0.1) is 0 Å². The van der Waals surface area contributed by atoms with Crippen LogP contribution in [0.3, 0.4) is 0 Å². The molecule has 150 valence electrons. The first-order chi connectivity index (χ1) is 13.5. The first-order valence-corrected chi connectivity index (χ1v) is 10.4. The molecule has 2 rings (SSSR count). The van der Waals surface area contributed by atoms with E-state index in [4.69, 9.17) is 23.2 Å². The van der Waals surface area contributed by atoms with Crippen molar-refractivity contribution in [2.24, 2.45) is 0 Å². The number of rotatable bonds is 9. The molecule has 3 amide bonds. The summed E-state index contributed by atoms with van der Waals surface area (Å²) in [6.07, 6.45) is 8.62. The van der Waals surface area contributed by atoms with E-state index in [0.717, 1.165) is 6.42 Å². The number of amides is 3. The number of benzene rings is 2. The highest BCUT2D eigenvalue weighted by molar-refractivity contribution is 6.40. The maximum absolute atomic E-state index is 12.2. The molecule has 6 heteroatoms. The monoisotopic (exact) mass is 420 g/mol. The van der Waals surface area contributed by atoms with Gasteiger partial charge in [-0.15, -0.1) is 0 Å². The Kier molecular flexibility index (Phi) is 9.32. The van der Waals surface area contributed by atoms with Gasteiger partial charge in [0.15, 0.2) is 0 Å². The largest absolute Gasteiger partial charge is 0.326 e. The molecule has 0 unspecified atom stereocenters. The number of unbranched alkanes of at least 4 members (excludes halogenated alkanes) is 5. The number of carbonyl (C=O) groups is 2. The third-order valence-corrected chi connectivity index (χ3v) is 5.08. The highest BCUT2D eigenvalue weighted by Gasteiger charge is 2.17. The van der Waals surface area contributed by atoms with E-state index in [2.05, 4.69) is 17.6 Å². The maximum atomic E-state index is 12.2. The fourth-order valence-electron chi connectivity index (χ4n) is 2.91. The van der Waals surface area contributed by atoms with E-state index in [9.17, 15) is 9.59 Å². The standard InChI is InChI=1S/C22H26Cl2N2O2/c1-2-3-4-5-6-7-9-16-12-14-17(15-13-16)25-22(28)26-21(27)20-18(23)10-8-11-19(20)24/h8,10-15H,2-7,9H2,1H3,(H2,25,26,27,28). The van der Waals surface area contributed by atoms with Gasteiger partial charge in [0, 0.05) is 5.69 Å². The number of imide groups is 1. The number of anilines is 1. The van der Waals surface area contributed by atoms with E-state index in [-0.39, 0.29) is 15.6 Å². The zero-order valence-electron chi connectivity index (χ0n) is 16.1. The second kappa shape index (κ2) is 11.7. The van der Waals surface area contributed by atoms with Crippen LogP contribution in [0.4, 0.5) is 10.5 Å². The van der Waals surface area contributed by atoms with Crippen molar-refractivity contribution in [1.82, 2.24) is 5.32 Å². The second-order valence-corrected chi connectivity index (χ2v) is 7.53. The topological polar surface area (TPSA) is 58.2 Å². The molecule has 0 heterocycles. The van der Waals surface area contributed by atoms with Gasteiger partial charge in [0.05, 0.1) is 15.6 Å². The molecule has 0 saturated carbocycles. The van der Waals surface area contributed by atoms with Crippen molar-refractivity contribution < 1.29 is 9.59 Å². The lowest BCUT2D eigenvalue weighted by Crippen LogP contribution is -2.34. The average Bonchev–Trinajstić information content (AvgIpc) is 2.65. The lowest BCUT2D eigenvalue weighted by Gasteiger charge is -2.09. The molecule has 2 aromatic carbocycles. The van der Waals surface area contributed by atoms with Gasteiger partial charge in [-0.05, 0) is 42.7 Å². The molecule has 4 nitrogen and oxygen atoms in total. The third kappa shape index (κ3) is 7.17. The van der Waals surface area contributed by atoms with Crippen molar-refractivity contribution in [3.05, 3.63) is 63.6 Å². The molecule has 0 atom stereocenters. The number of nitrogens with one attached hydrogen (secondary N) is 2. The second-order valence-electron chi connectivity index (χ2n) is 6.72. The molecule has 0 fully saturated rings. The fourth-order valence-corrected chi connectivity index (χ4v) is 3.48. The van der Waals surface area contributed by atoms with E-state index in [0.29, 0.717) is 5.69 Å². The molecule has 0 radical (unpaired) electrons. The Labute approximate surface area is 176 Å². The van der Waals surface area contributed by atoms with Gasteiger partial charge >= 0.3 is 6.03 Å². The van der Waals surface area contributed by atoms with Gasteiger partial charge in [0.25, 0.3) is 5.91 Å². The summed E-state index contributed by atoms with van der Waals surface area (Å²) in [5.41, 5.74) is 1.93. The fraction of sp³-hybridized carbons (Fsp3) is 0.364. The van der Waals surface area contributed by atoms with Crippen LogP contribution >= 0.6 is 23.2 Å². The summed E-state index contributed by atoms with van der Waals surface area (Å²) < 4.78 is 0. The Morgan fingerprint density at radius 1 is 0.857 bits per heavy atom. The molecule has 0 aliphatic rings. The van der Waals surface area contributed by atoms with Crippen molar-refractivity contribution in [3.63, 3.8) is 0 Å². The molecule has 0 aromatic heterocycles. The average molecular weight is 421 g/mol. The van der Waals surface area contributed by atoms with E-state index >= 15 is 0 Å². The minimum Gasteiger partial charge on any atom is -0.308 e. The van der Waals surface area contributed by atoms with Gasteiger partial charge in [0.1, 0.15) is 0 Å². The lowest BCUT2D eigenvalue weighted by molar-refractivity contribution is 0.0967. The number of carbonyl (C=O) groups excluding carboxylic acids is 2. The first-order valence-electron chi connectivity index (χ1n) is 9.66. The number of urea groups is 1. The third-order valence-electron chi connectivity index (χ3n) is 4.45. The van der Waals surface area contributed by atoms with Crippen molar-refractivity contribution in [2.45, 2.75) is 51.9 Å². The SMILES string of the molecule is CCCCCCCCc1ccc(NC(=O)NC(=O)c2c(Cl)cccc2Cl)cc1. The smallest absolute Gasteiger partial charge is 0.308 e. The molecule has 28 heavy (non-hydrogen) atoms. The van der Waals surface area contributed by atoms with Gasteiger partial charge in [-0.2, -0.15) is 0 Å². The molecule has 0 aliphatic heterocycles. The molecule has 0 saturated heterocycles. The summed E-state index contributed by atoms with van der Waals surface area (Å²) in [6.45, 7) is 2.22. The molecule has 0 aliphatic carbocycles. The molecular formula is C22H26Cl2N2O2. The van der Waals surface area contributed by atoms with Crippen LogP contribution in [-0.4, -0.2) is 11.9 Å². The summed E-state index contributed by atoms with van der Waals surface area (Å²) in [5.74, 6) is -0.646. The maximum Gasteiger partial charge on any atom is 0.326 e. The molecule has 0 bridgehead atoms. The predicted octanol–water partition coefficient (Wildman–Crippen LogP) is 6.86. The summed E-state index contributed by atoms with van der Waals surface area (Å²) in [6, 6.07) is 11.7. The lowest BCUT2D eigenvalue weighted by atomic mass is 10.0. The molecule has 0 spiro atoms. The highest BCUT2D eigenvalue weighted by Crippen LogP contribution is 2.24. The predicted molar refractivity (Wildman–Crippen MR) is 116 cm³/mol.